The van der Waals surface area contributed by atoms with Crippen molar-refractivity contribution < 1.29 is 19.1 Å². The average Bonchev–Trinajstić information content (AvgIpc) is 2.76. The third-order valence-electron chi connectivity index (χ3n) is 4.67. The van der Waals surface area contributed by atoms with E-state index in [1.165, 1.54) is 4.90 Å². The maximum atomic E-state index is 13.2. The number of hydrogen-bond donors (Lipinski definition) is 2. The summed E-state index contributed by atoms with van der Waals surface area (Å²) in [5, 5.41) is 6.00. The Bertz CT molecular complexity index is 1120. The van der Waals surface area contributed by atoms with Gasteiger partial charge in [-0.2, -0.15) is 0 Å². The molecule has 0 spiro atoms. The van der Waals surface area contributed by atoms with E-state index in [9.17, 15) is 14.4 Å². The molecule has 1 aliphatic heterocycles. The van der Waals surface area contributed by atoms with E-state index in [0.29, 0.717) is 22.1 Å². The van der Waals surface area contributed by atoms with E-state index in [-0.39, 0.29) is 12.2 Å². The van der Waals surface area contributed by atoms with Gasteiger partial charge in [0.2, 0.25) is 5.91 Å². The van der Waals surface area contributed by atoms with E-state index in [1.54, 1.807) is 72.8 Å². The number of para-hydroxylation sites is 3. The lowest BCUT2D eigenvalue weighted by atomic mass is 10.1. The van der Waals surface area contributed by atoms with Crippen LogP contribution < -0.4 is 20.3 Å². The molecule has 8 heteroatoms. The van der Waals surface area contributed by atoms with Gasteiger partial charge in [-0.3, -0.25) is 9.69 Å². The summed E-state index contributed by atoms with van der Waals surface area (Å²) in [6.07, 6.45) is -0.268. The van der Waals surface area contributed by atoms with Crippen molar-refractivity contribution in [2.24, 2.45) is 0 Å². The number of esters is 1. The van der Waals surface area contributed by atoms with Crippen LogP contribution in [0.1, 0.15) is 6.42 Å². The van der Waals surface area contributed by atoms with Crippen molar-refractivity contribution in [3.05, 3.63) is 83.9 Å². The zero-order valence-electron chi connectivity index (χ0n) is 16.2. The molecule has 1 atom stereocenters. The normalized spacial score (nSPS) is 14.9. The molecule has 4 rings (SSSR count). The first-order chi connectivity index (χ1) is 15.0. The third kappa shape index (κ3) is 4.67. The van der Waals surface area contributed by atoms with Crippen LogP contribution in [0.3, 0.4) is 0 Å². The second kappa shape index (κ2) is 8.89. The molecule has 0 fully saturated rings. The van der Waals surface area contributed by atoms with E-state index in [4.69, 9.17) is 16.3 Å². The van der Waals surface area contributed by atoms with Crippen LogP contribution in [0.25, 0.3) is 0 Å². The van der Waals surface area contributed by atoms with Crippen molar-refractivity contribution in [2.75, 3.05) is 15.5 Å². The number of carbonyl (C=O) groups is 3. The van der Waals surface area contributed by atoms with Crippen molar-refractivity contribution in [3.8, 4) is 5.75 Å². The van der Waals surface area contributed by atoms with Crippen molar-refractivity contribution in [3.63, 3.8) is 0 Å². The van der Waals surface area contributed by atoms with Gasteiger partial charge >= 0.3 is 12.0 Å². The Morgan fingerprint density at radius 3 is 2.26 bits per heavy atom. The van der Waals surface area contributed by atoms with Gasteiger partial charge in [0.25, 0.3) is 0 Å². The molecule has 2 N–H and O–H groups in total. The van der Waals surface area contributed by atoms with Crippen molar-refractivity contribution in [1.82, 2.24) is 0 Å². The predicted octanol–water partition coefficient (Wildman–Crippen LogP) is 4.69. The molecular weight excluding hydrogens is 418 g/mol. The smallest absolute Gasteiger partial charge is 0.335 e. The molecule has 3 amide bonds. The first-order valence-electron chi connectivity index (χ1n) is 9.52. The summed E-state index contributed by atoms with van der Waals surface area (Å²) in [4.78, 5) is 39.7. The highest BCUT2D eigenvalue weighted by Gasteiger charge is 2.40. The molecule has 0 radical (unpaired) electrons. The number of benzene rings is 3. The summed E-state index contributed by atoms with van der Waals surface area (Å²) in [6.45, 7) is 0. The van der Waals surface area contributed by atoms with E-state index in [0.717, 1.165) is 0 Å². The molecule has 0 unspecified atom stereocenters. The number of urea groups is 1. The number of halogens is 1. The lowest BCUT2D eigenvalue weighted by molar-refractivity contribution is -0.138. The number of nitrogens with one attached hydrogen (secondary N) is 2. The summed E-state index contributed by atoms with van der Waals surface area (Å²) in [5.74, 6) is -0.858. The van der Waals surface area contributed by atoms with Gasteiger partial charge in [-0.15, -0.1) is 0 Å². The van der Waals surface area contributed by atoms with E-state index < -0.39 is 23.9 Å². The summed E-state index contributed by atoms with van der Waals surface area (Å²) in [7, 11) is 0. The molecule has 3 aromatic rings. The second-order valence-corrected chi connectivity index (χ2v) is 7.27. The quantitative estimate of drug-likeness (QED) is 0.459. The zero-order valence-corrected chi connectivity index (χ0v) is 17.0. The maximum absolute atomic E-state index is 13.2. The molecule has 3 aromatic carbocycles. The number of hydrogen-bond acceptors (Lipinski definition) is 4. The minimum absolute atomic E-state index is 0.249. The lowest BCUT2D eigenvalue weighted by Gasteiger charge is -2.34. The third-order valence-corrected chi connectivity index (χ3v) is 4.92. The molecule has 0 aromatic heterocycles. The molecular formula is C23H18ClN3O4. The molecule has 0 aliphatic carbocycles. The van der Waals surface area contributed by atoms with Crippen LogP contribution in [-0.4, -0.2) is 23.9 Å². The molecule has 7 nitrogen and oxygen atoms in total. The van der Waals surface area contributed by atoms with Gasteiger partial charge < -0.3 is 15.4 Å². The first-order valence-corrected chi connectivity index (χ1v) is 9.90. The van der Waals surface area contributed by atoms with Crippen molar-refractivity contribution in [1.29, 1.82) is 0 Å². The van der Waals surface area contributed by atoms with Crippen molar-refractivity contribution >= 4 is 46.6 Å². The van der Waals surface area contributed by atoms with Gasteiger partial charge in [0.1, 0.15) is 6.04 Å². The number of fused-ring (bicyclic) bond motifs is 1. The first kappa shape index (κ1) is 20.4. The maximum Gasteiger partial charge on any atom is 0.335 e. The number of carbonyl (C=O) groups excluding carboxylic acids is 3. The number of nitrogens with zero attached hydrogens (tertiary/aromatic N) is 1. The highest BCUT2D eigenvalue weighted by atomic mass is 35.5. The van der Waals surface area contributed by atoms with Crippen LogP contribution in [0.5, 0.6) is 5.75 Å². The van der Waals surface area contributed by atoms with Gasteiger partial charge in [0, 0.05) is 16.4 Å². The SMILES string of the molecule is O=C(C[C@H]1C(=O)Oc2ccccc2N1C(=O)Nc1ccc(Cl)cc1)Nc1ccccc1. The standard InChI is InChI=1S/C23H18ClN3O4/c24-15-10-12-17(13-11-15)26-23(30)27-18-8-4-5-9-20(18)31-22(29)19(27)14-21(28)25-16-6-2-1-3-7-16/h1-13,19H,14H2,(H,25,28)(H,26,30)/t19-/m0/s1. The van der Waals surface area contributed by atoms with Gasteiger partial charge in [-0.25, -0.2) is 9.59 Å². The van der Waals surface area contributed by atoms with Crippen LogP contribution in [-0.2, 0) is 9.59 Å². The summed E-state index contributed by atoms with van der Waals surface area (Å²) in [6, 6.07) is 20.4. The number of ether oxygens (including phenoxy) is 1. The fourth-order valence-corrected chi connectivity index (χ4v) is 3.37. The van der Waals surface area contributed by atoms with Gasteiger partial charge in [0.15, 0.2) is 5.75 Å². The number of amides is 3. The summed E-state index contributed by atoms with van der Waals surface area (Å²) < 4.78 is 5.38. The molecule has 0 saturated carbocycles. The highest BCUT2D eigenvalue weighted by Crippen LogP contribution is 2.35. The Labute approximate surface area is 183 Å². The summed E-state index contributed by atoms with van der Waals surface area (Å²) in [5.41, 5.74) is 1.48. The Balaban J connectivity index is 1.60. The lowest BCUT2D eigenvalue weighted by Crippen LogP contribution is -2.53. The monoisotopic (exact) mass is 435 g/mol. The number of anilines is 3. The van der Waals surface area contributed by atoms with E-state index in [1.807, 2.05) is 6.07 Å². The van der Waals surface area contributed by atoms with Gasteiger partial charge in [-0.05, 0) is 48.5 Å². The average molecular weight is 436 g/mol. The fraction of sp³-hybridized carbons (Fsp3) is 0.0870. The van der Waals surface area contributed by atoms with Crippen LogP contribution in [0.4, 0.5) is 21.9 Å². The molecule has 156 valence electrons. The molecule has 31 heavy (non-hydrogen) atoms. The Kier molecular flexibility index (Phi) is 5.86. The Morgan fingerprint density at radius 2 is 1.52 bits per heavy atom. The topological polar surface area (TPSA) is 87.7 Å². The molecule has 1 aliphatic rings. The predicted molar refractivity (Wildman–Crippen MR) is 119 cm³/mol. The van der Waals surface area contributed by atoms with Crippen LogP contribution >= 0.6 is 11.6 Å². The zero-order chi connectivity index (χ0) is 21.8. The van der Waals surface area contributed by atoms with Gasteiger partial charge in [-0.1, -0.05) is 41.9 Å². The largest absolute Gasteiger partial charge is 0.423 e. The second-order valence-electron chi connectivity index (χ2n) is 6.83. The van der Waals surface area contributed by atoms with Crippen LogP contribution in [0.2, 0.25) is 5.02 Å². The molecule has 1 heterocycles. The minimum atomic E-state index is -1.13. The van der Waals surface area contributed by atoms with Crippen LogP contribution in [0, 0.1) is 0 Å². The summed E-state index contributed by atoms with van der Waals surface area (Å²) >= 11 is 5.90. The van der Waals surface area contributed by atoms with Crippen molar-refractivity contribution in [2.45, 2.75) is 12.5 Å². The Hall–Kier alpha value is -3.84. The molecule has 0 bridgehead atoms. The van der Waals surface area contributed by atoms with E-state index >= 15 is 0 Å². The van der Waals surface area contributed by atoms with Gasteiger partial charge in [0.05, 0.1) is 12.1 Å². The number of rotatable bonds is 4. The minimum Gasteiger partial charge on any atom is -0.423 e. The van der Waals surface area contributed by atoms with E-state index in [2.05, 4.69) is 10.6 Å². The highest BCUT2D eigenvalue weighted by molar-refractivity contribution is 6.30. The van der Waals surface area contributed by atoms with Crippen LogP contribution in [0.15, 0.2) is 78.9 Å². The fourth-order valence-electron chi connectivity index (χ4n) is 3.24. The molecule has 0 saturated heterocycles. The Morgan fingerprint density at radius 1 is 0.871 bits per heavy atom.